The SMILES string of the molecule is CC(C)(C)OC(=O)O[C@@H](C(=O)CO)c1ccccc1. The Balaban J connectivity index is 2.83. The van der Waals surface area contributed by atoms with E-state index in [4.69, 9.17) is 14.6 Å². The van der Waals surface area contributed by atoms with Crippen molar-refractivity contribution < 1.29 is 24.2 Å². The topological polar surface area (TPSA) is 72.8 Å². The minimum Gasteiger partial charge on any atom is -0.429 e. The molecule has 1 N–H and O–H groups in total. The number of ketones is 1. The van der Waals surface area contributed by atoms with Crippen molar-refractivity contribution in [2.45, 2.75) is 32.5 Å². The second-order valence-electron chi connectivity index (χ2n) is 5.00. The zero-order chi connectivity index (χ0) is 14.5. The number of carbonyl (C=O) groups is 2. The molecule has 0 saturated heterocycles. The minimum absolute atomic E-state index is 0.493. The molecule has 0 saturated carbocycles. The van der Waals surface area contributed by atoms with Crippen LogP contribution in [0.4, 0.5) is 4.79 Å². The van der Waals surface area contributed by atoms with Gasteiger partial charge < -0.3 is 14.6 Å². The highest BCUT2D eigenvalue weighted by atomic mass is 16.7. The Morgan fingerprint density at radius 3 is 2.26 bits per heavy atom. The molecule has 1 aromatic carbocycles. The molecule has 1 rings (SSSR count). The highest BCUT2D eigenvalue weighted by Gasteiger charge is 2.27. The molecule has 0 aromatic heterocycles. The van der Waals surface area contributed by atoms with E-state index >= 15 is 0 Å². The van der Waals surface area contributed by atoms with Crippen LogP contribution in [0.1, 0.15) is 32.4 Å². The largest absolute Gasteiger partial charge is 0.509 e. The molecule has 0 bridgehead atoms. The average Bonchev–Trinajstić information content (AvgIpc) is 2.34. The molecule has 19 heavy (non-hydrogen) atoms. The molecule has 0 spiro atoms. The number of Topliss-reactive ketones (excluding diaryl/α,β-unsaturated/α-hetero) is 1. The zero-order valence-corrected chi connectivity index (χ0v) is 11.3. The van der Waals surface area contributed by atoms with Gasteiger partial charge in [0.25, 0.3) is 0 Å². The first kappa shape index (κ1) is 15.2. The van der Waals surface area contributed by atoms with Gasteiger partial charge in [-0.2, -0.15) is 0 Å². The van der Waals surface area contributed by atoms with Crippen molar-refractivity contribution in [3.63, 3.8) is 0 Å². The fourth-order valence-corrected chi connectivity index (χ4v) is 1.40. The molecule has 0 radical (unpaired) electrons. The van der Waals surface area contributed by atoms with E-state index in [1.165, 1.54) is 0 Å². The summed E-state index contributed by atoms with van der Waals surface area (Å²) >= 11 is 0. The van der Waals surface area contributed by atoms with E-state index in [1.54, 1.807) is 51.1 Å². The molecular weight excluding hydrogens is 248 g/mol. The normalized spacial score (nSPS) is 12.6. The monoisotopic (exact) mass is 266 g/mol. The number of ether oxygens (including phenoxy) is 2. The van der Waals surface area contributed by atoms with E-state index in [0.717, 1.165) is 0 Å². The Morgan fingerprint density at radius 1 is 1.21 bits per heavy atom. The van der Waals surface area contributed by atoms with Crippen molar-refractivity contribution in [1.29, 1.82) is 0 Å². The smallest absolute Gasteiger partial charge is 0.429 e. The van der Waals surface area contributed by atoms with Crippen LogP contribution in [0.2, 0.25) is 0 Å². The molecule has 0 aliphatic rings. The number of aliphatic hydroxyl groups excluding tert-OH is 1. The number of aliphatic hydroxyl groups is 1. The van der Waals surface area contributed by atoms with Crippen LogP contribution < -0.4 is 0 Å². The molecule has 5 heteroatoms. The lowest BCUT2D eigenvalue weighted by atomic mass is 10.1. The molecule has 104 valence electrons. The third-order valence-electron chi connectivity index (χ3n) is 2.15. The maximum Gasteiger partial charge on any atom is 0.509 e. The van der Waals surface area contributed by atoms with Crippen LogP contribution in [0.15, 0.2) is 30.3 Å². The Bertz CT molecular complexity index is 433. The molecule has 1 aromatic rings. The quantitative estimate of drug-likeness (QED) is 0.846. The van der Waals surface area contributed by atoms with Gasteiger partial charge in [-0.3, -0.25) is 4.79 Å². The van der Waals surface area contributed by atoms with Crippen LogP contribution in [-0.2, 0) is 14.3 Å². The lowest BCUT2D eigenvalue weighted by Gasteiger charge is -2.22. The van der Waals surface area contributed by atoms with Crippen LogP contribution in [0.25, 0.3) is 0 Å². The fourth-order valence-electron chi connectivity index (χ4n) is 1.40. The lowest BCUT2D eigenvalue weighted by Crippen LogP contribution is -2.28. The highest BCUT2D eigenvalue weighted by molar-refractivity contribution is 5.86. The predicted octanol–water partition coefficient (Wildman–Crippen LogP) is 2.24. The standard InChI is InChI=1S/C14H18O5/c1-14(2,3)19-13(17)18-12(11(16)9-15)10-7-5-4-6-8-10/h4-8,12,15H,9H2,1-3H3/t12-/m1/s1. The molecule has 5 nitrogen and oxygen atoms in total. The molecule has 0 unspecified atom stereocenters. The predicted molar refractivity (Wildman–Crippen MR) is 68.6 cm³/mol. The van der Waals surface area contributed by atoms with E-state index in [1.807, 2.05) is 0 Å². The van der Waals surface area contributed by atoms with Crippen LogP contribution in [-0.4, -0.2) is 29.3 Å². The van der Waals surface area contributed by atoms with Gasteiger partial charge in [-0.25, -0.2) is 4.79 Å². The summed E-state index contributed by atoms with van der Waals surface area (Å²) < 4.78 is 9.98. The molecule has 0 fully saturated rings. The van der Waals surface area contributed by atoms with Gasteiger partial charge in [0, 0.05) is 5.56 Å². The summed E-state index contributed by atoms with van der Waals surface area (Å²) in [5.41, 5.74) is -0.215. The second kappa shape index (κ2) is 6.33. The maximum absolute atomic E-state index is 11.6. The Labute approximate surface area is 112 Å². The Hall–Kier alpha value is -1.88. The Kier molecular flexibility index (Phi) is 5.06. The molecule has 1 atom stereocenters. The number of rotatable bonds is 4. The van der Waals surface area contributed by atoms with Gasteiger partial charge in [-0.1, -0.05) is 30.3 Å². The summed E-state index contributed by atoms with van der Waals surface area (Å²) in [7, 11) is 0. The van der Waals surface area contributed by atoms with Crippen molar-refractivity contribution in [3.8, 4) is 0 Å². The van der Waals surface area contributed by atoms with Crippen molar-refractivity contribution in [3.05, 3.63) is 35.9 Å². The molecule has 0 aliphatic carbocycles. The number of carbonyl (C=O) groups excluding carboxylic acids is 2. The zero-order valence-electron chi connectivity index (χ0n) is 11.3. The third kappa shape index (κ3) is 5.09. The van der Waals surface area contributed by atoms with Crippen LogP contribution >= 0.6 is 0 Å². The van der Waals surface area contributed by atoms with Gasteiger partial charge in [0.05, 0.1) is 0 Å². The average molecular weight is 266 g/mol. The number of benzene rings is 1. The molecular formula is C14H18O5. The van der Waals surface area contributed by atoms with Crippen molar-refractivity contribution >= 4 is 11.9 Å². The third-order valence-corrected chi connectivity index (χ3v) is 2.15. The van der Waals surface area contributed by atoms with Crippen molar-refractivity contribution in [1.82, 2.24) is 0 Å². The summed E-state index contributed by atoms with van der Waals surface area (Å²) in [5, 5.41) is 8.93. The van der Waals surface area contributed by atoms with Crippen LogP contribution in [0.5, 0.6) is 0 Å². The van der Waals surface area contributed by atoms with E-state index in [-0.39, 0.29) is 0 Å². The molecule has 0 amide bonds. The van der Waals surface area contributed by atoms with Gasteiger partial charge in [0.15, 0.2) is 6.10 Å². The minimum atomic E-state index is -1.15. The van der Waals surface area contributed by atoms with Crippen LogP contribution in [0, 0.1) is 0 Å². The number of hydrogen-bond donors (Lipinski definition) is 1. The molecule has 0 heterocycles. The van der Waals surface area contributed by atoms with Gasteiger partial charge in [-0.05, 0) is 20.8 Å². The van der Waals surface area contributed by atoms with Crippen molar-refractivity contribution in [2.75, 3.05) is 6.61 Å². The van der Waals surface area contributed by atoms with Gasteiger partial charge in [0.2, 0.25) is 5.78 Å². The number of hydrogen-bond acceptors (Lipinski definition) is 5. The second-order valence-corrected chi connectivity index (χ2v) is 5.00. The Morgan fingerprint density at radius 2 is 1.79 bits per heavy atom. The molecule has 0 aliphatic heterocycles. The lowest BCUT2D eigenvalue weighted by molar-refractivity contribution is -0.133. The first-order chi connectivity index (χ1) is 8.83. The summed E-state index contributed by atoms with van der Waals surface area (Å²) in [6.07, 6.45) is -2.09. The van der Waals surface area contributed by atoms with Crippen LogP contribution in [0.3, 0.4) is 0 Å². The van der Waals surface area contributed by atoms with Gasteiger partial charge >= 0.3 is 6.16 Å². The van der Waals surface area contributed by atoms with Gasteiger partial charge in [0.1, 0.15) is 12.2 Å². The summed E-state index contributed by atoms with van der Waals surface area (Å²) in [4.78, 5) is 23.2. The van der Waals surface area contributed by atoms with Gasteiger partial charge in [-0.15, -0.1) is 0 Å². The maximum atomic E-state index is 11.6. The van der Waals surface area contributed by atoms with E-state index in [2.05, 4.69) is 0 Å². The first-order valence-corrected chi connectivity index (χ1v) is 5.91. The van der Waals surface area contributed by atoms with Crippen molar-refractivity contribution in [2.24, 2.45) is 0 Å². The highest BCUT2D eigenvalue weighted by Crippen LogP contribution is 2.20. The first-order valence-electron chi connectivity index (χ1n) is 5.91. The van der Waals surface area contributed by atoms with E-state index in [0.29, 0.717) is 5.56 Å². The van der Waals surface area contributed by atoms with E-state index < -0.39 is 30.3 Å². The summed E-state index contributed by atoms with van der Waals surface area (Å²) in [6.45, 7) is 4.38. The summed E-state index contributed by atoms with van der Waals surface area (Å²) in [5.74, 6) is -0.600. The fraction of sp³-hybridized carbons (Fsp3) is 0.429. The van der Waals surface area contributed by atoms with E-state index in [9.17, 15) is 9.59 Å². The summed E-state index contributed by atoms with van der Waals surface area (Å²) in [6, 6.07) is 8.49.